The Balaban J connectivity index is 1.32. The molecule has 0 atom stereocenters. The van der Waals surface area contributed by atoms with E-state index in [9.17, 15) is 18.0 Å². The first kappa shape index (κ1) is 21.2. The number of benzene rings is 4. The third kappa shape index (κ3) is 3.66. The molecule has 35 heavy (non-hydrogen) atoms. The van der Waals surface area contributed by atoms with Crippen molar-refractivity contribution in [1.29, 1.82) is 0 Å². The molecule has 9 heteroatoms. The number of sulfonamides is 1. The Kier molecular flexibility index (Phi) is 4.75. The second-order valence-electron chi connectivity index (χ2n) is 8.50. The zero-order chi connectivity index (χ0) is 24.2. The molecule has 4 aromatic carbocycles. The summed E-state index contributed by atoms with van der Waals surface area (Å²) in [6.07, 6.45) is 1.97. The summed E-state index contributed by atoms with van der Waals surface area (Å²) >= 11 is 0. The van der Waals surface area contributed by atoms with Gasteiger partial charge in [0, 0.05) is 11.1 Å². The summed E-state index contributed by atoms with van der Waals surface area (Å²) < 4.78 is 28.7. The molecule has 0 bridgehead atoms. The molecular formula is C26H20N4O4S. The van der Waals surface area contributed by atoms with E-state index in [1.807, 2.05) is 24.3 Å². The monoisotopic (exact) mass is 484 g/mol. The molecule has 1 amide bonds. The number of hydrogen-bond acceptors (Lipinski definition) is 4. The van der Waals surface area contributed by atoms with Gasteiger partial charge in [-0.15, -0.1) is 0 Å². The van der Waals surface area contributed by atoms with E-state index in [0.29, 0.717) is 16.7 Å². The van der Waals surface area contributed by atoms with Gasteiger partial charge in [0.05, 0.1) is 27.2 Å². The molecule has 0 fully saturated rings. The number of aryl methyl sites for hydroxylation is 2. The minimum atomic E-state index is -4.03. The van der Waals surface area contributed by atoms with Crippen LogP contribution >= 0.6 is 0 Å². The van der Waals surface area contributed by atoms with Crippen LogP contribution in [0.4, 0.5) is 11.4 Å². The number of carbonyl (C=O) groups excluding carboxylic acids is 1. The molecule has 5 aromatic rings. The Hall–Kier alpha value is -4.37. The van der Waals surface area contributed by atoms with E-state index >= 15 is 0 Å². The smallest absolute Gasteiger partial charge is 0.321 e. The second-order valence-corrected chi connectivity index (χ2v) is 10.2. The number of nitrogens with one attached hydrogen (secondary N) is 4. The summed E-state index contributed by atoms with van der Waals surface area (Å²) in [7, 11) is -4.03. The van der Waals surface area contributed by atoms with E-state index in [0.717, 1.165) is 18.2 Å². The summed E-state index contributed by atoms with van der Waals surface area (Å²) in [5, 5.41) is 5.11. The molecule has 0 radical (unpaired) electrons. The van der Waals surface area contributed by atoms with Gasteiger partial charge in [-0.1, -0.05) is 36.4 Å². The van der Waals surface area contributed by atoms with E-state index in [2.05, 4.69) is 26.1 Å². The number of aromatic amines is 2. The lowest BCUT2D eigenvalue weighted by Crippen LogP contribution is -2.18. The van der Waals surface area contributed by atoms with Crippen molar-refractivity contribution in [2.75, 3.05) is 10.0 Å². The quantitative estimate of drug-likeness (QED) is 0.299. The number of rotatable bonds is 5. The van der Waals surface area contributed by atoms with Crippen molar-refractivity contribution in [3.8, 4) is 0 Å². The minimum absolute atomic E-state index is 0.0389. The number of fused-ring (bicyclic) bond motifs is 1. The van der Waals surface area contributed by atoms with Crippen molar-refractivity contribution in [3.05, 3.63) is 100.0 Å². The van der Waals surface area contributed by atoms with Crippen molar-refractivity contribution in [2.45, 2.75) is 17.7 Å². The highest BCUT2D eigenvalue weighted by molar-refractivity contribution is 7.92. The zero-order valence-electron chi connectivity index (χ0n) is 18.4. The minimum Gasteiger partial charge on any atom is -0.321 e. The SMILES string of the molecule is O=C(Nc1ccc2c3c(cccc13)CC2)c1ccccc1NS(=O)(=O)c1ccc2[nH]c(=O)[nH]c2c1. The fraction of sp³-hybridized carbons (Fsp3) is 0.0769. The maximum Gasteiger partial charge on any atom is 0.323 e. The number of hydrogen-bond donors (Lipinski definition) is 4. The third-order valence-corrected chi connectivity index (χ3v) is 7.70. The number of imidazole rings is 1. The van der Waals surface area contributed by atoms with Crippen LogP contribution in [-0.4, -0.2) is 24.3 Å². The van der Waals surface area contributed by atoms with Crippen LogP contribution in [0.2, 0.25) is 0 Å². The van der Waals surface area contributed by atoms with Gasteiger partial charge in [0.25, 0.3) is 15.9 Å². The molecule has 0 spiro atoms. The number of H-pyrrole nitrogens is 2. The average Bonchev–Trinajstić information content (AvgIpc) is 3.43. The topological polar surface area (TPSA) is 124 Å². The molecule has 174 valence electrons. The number of aromatic nitrogens is 2. The zero-order valence-corrected chi connectivity index (χ0v) is 19.2. The van der Waals surface area contributed by atoms with Gasteiger partial charge < -0.3 is 15.3 Å². The van der Waals surface area contributed by atoms with Gasteiger partial charge in [-0.2, -0.15) is 0 Å². The van der Waals surface area contributed by atoms with E-state index in [1.165, 1.54) is 40.8 Å². The van der Waals surface area contributed by atoms with Crippen molar-refractivity contribution in [2.24, 2.45) is 0 Å². The Bertz CT molecular complexity index is 1810. The molecule has 1 heterocycles. The molecule has 1 aliphatic carbocycles. The molecule has 4 N–H and O–H groups in total. The molecule has 1 aliphatic rings. The fourth-order valence-corrected chi connectivity index (χ4v) is 5.80. The van der Waals surface area contributed by atoms with Crippen LogP contribution in [0, 0.1) is 0 Å². The lowest BCUT2D eigenvalue weighted by molar-refractivity contribution is 0.102. The molecule has 8 nitrogen and oxygen atoms in total. The highest BCUT2D eigenvalue weighted by atomic mass is 32.2. The Morgan fingerprint density at radius 3 is 2.43 bits per heavy atom. The number of anilines is 2. The lowest BCUT2D eigenvalue weighted by atomic mass is 10.0. The molecule has 0 saturated heterocycles. The van der Waals surface area contributed by atoms with E-state index < -0.39 is 21.6 Å². The van der Waals surface area contributed by atoms with Gasteiger partial charge in [-0.05, 0) is 65.8 Å². The predicted molar refractivity (Wildman–Crippen MR) is 135 cm³/mol. The van der Waals surface area contributed by atoms with Gasteiger partial charge in [-0.25, -0.2) is 13.2 Å². The van der Waals surface area contributed by atoms with E-state index in [1.54, 1.807) is 18.2 Å². The van der Waals surface area contributed by atoms with Crippen molar-refractivity contribution >= 4 is 49.1 Å². The molecule has 0 aliphatic heterocycles. The molecule has 6 rings (SSSR count). The Labute approximate surface area is 200 Å². The summed E-state index contributed by atoms with van der Waals surface area (Å²) in [6.45, 7) is 0. The van der Waals surface area contributed by atoms with Crippen molar-refractivity contribution < 1.29 is 13.2 Å². The maximum absolute atomic E-state index is 13.3. The summed E-state index contributed by atoms with van der Waals surface area (Å²) in [5.41, 5.74) is 4.00. The summed E-state index contributed by atoms with van der Waals surface area (Å²) in [6, 6.07) is 20.7. The largest absolute Gasteiger partial charge is 0.323 e. The third-order valence-electron chi connectivity index (χ3n) is 6.34. The first-order chi connectivity index (χ1) is 16.9. The van der Waals surface area contributed by atoms with Gasteiger partial charge >= 0.3 is 5.69 Å². The number of carbonyl (C=O) groups is 1. The maximum atomic E-state index is 13.3. The highest BCUT2D eigenvalue weighted by Gasteiger charge is 2.21. The van der Waals surface area contributed by atoms with Crippen LogP contribution < -0.4 is 15.7 Å². The number of para-hydroxylation sites is 1. The predicted octanol–water partition coefficient (Wildman–Crippen LogP) is 4.16. The van der Waals surface area contributed by atoms with E-state index in [-0.39, 0.29) is 16.1 Å². The summed E-state index contributed by atoms with van der Waals surface area (Å²) in [5.74, 6) is -0.424. The highest BCUT2D eigenvalue weighted by Crippen LogP contribution is 2.35. The molecule has 1 aromatic heterocycles. The molecule has 0 unspecified atom stereocenters. The van der Waals surface area contributed by atoms with Crippen molar-refractivity contribution in [3.63, 3.8) is 0 Å². The summed E-state index contributed by atoms with van der Waals surface area (Å²) in [4.78, 5) is 29.9. The van der Waals surface area contributed by atoms with E-state index in [4.69, 9.17) is 0 Å². The van der Waals surface area contributed by atoms with Crippen LogP contribution in [0.3, 0.4) is 0 Å². The van der Waals surface area contributed by atoms with Crippen molar-refractivity contribution in [1.82, 2.24) is 9.97 Å². The second kappa shape index (κ2) is 7.85. The first-order valence-corrected chi connectivity index (χ1v) is 12.6. The van der Waals surface area contributed by atoms with Crippen LogP contribution in [-0.2, 0) is 22.9 Å². The molecular weight excluding hydrogens is 464 g/mol. The van der Waals surface area contributed by atoms with Crippen LogP contribution in [0.5, 0.6) is 0 Å². The van der Waals surface area contributed by atoms with Gasteiger partial charge in [0.1, 0.15) is 0 Å². The lowest BCUT2D eigenvalue weighted by Gasteiger charge is -2.14. The first-order valence-electron chi connectivity index (χ1n) is 11.1. The normalized spacial score (nSPS) is 12.8. The standard InChI is InChI=1S/C26H20N4O4S/c31-25(27-20-12-10-16-9-8-15-4-3-6-18(20)24(15)16)19-5-1-2-7-21(19)30-35(33,34)17-11-13-22-23(14-17)29-26(32)28-22/h1-7,10-14,30H,8-9H2,(H,27,31)(H2,28,29,32). The molecule has 0 saturated carbocycles. The Morgan fingerprint density at radius 1 is 0.800 bits per heavy atom. The van der Waals surface area contributed by atoms with Crippen LogP contribution in [0.1, 0.15) is 21.5 Å². The Morgan fingerprint density at radius 2 is 1.57 bits per heavy atom. The van der Waals surface area contributed by atoms with Gasteiger partial charge in [0.15, 0.2) is 0 Å². The fourth-order valence-electron chi connectivity index (χ4n) is 4.70. The van der Waals surface area contributed by atoms with Gasteiger partial charge in [0.2, 0.25) is 0 Å². The van der Waals surface area contributed by atoms with Crippen LogP contribution in [0.25, 0.3) is 21.8 Å². The number of amides is 1. The average molecular weight is 485 g/mol. The van der Waals surface area contributed by atoms with Crippen LogP contribution in [0.15, 0.2) is 82.5 Å². The van der Waals surface area contributed by atoms with Gasteiger partial charge in [-0.3, -0.25) is 9.52 Å².